The van der Waals surface area contributed by atoms with Crippen LogP contribution in [0.15, 0.2) is 6.07 Å². The molecular weight excluding hydrogens is 363 g/mol. The summed E-state index contributed by atoms with van der Waals surface area (Å²) in [5.41, 5.74) is 0.596. The van der Waals surface area contributed by atoms with Crippen LogP contribution in [-0.2, 0) is 28.0 Å². The molecule has 0 saturated carbocycles. The molecule has 4 rings (SSSR count). The fourth-order valence-electron chi connectivity index (χ4n) is 3.95. The van der Waals surface area contributed by atoms with Crippen molar-refractivity contribution in [2.45, 2.75) is 38.4 Å². The average Bonchev–Trinajstić information content (AvgIpc) is 2.88. The van der Waals surface area contributed by atoms with Gasteiger partial charge < -0.3 is 10.4 Å². The molecule has 3 aliphatic rings. The number of aromatic hydroxyl groups is 1. The molecule has 26 heavy (non-hydrogen) atoms. The van der Waals surface area contributed by atoms with E-state index in [-0.39, 0.29) is 6.17 Å². The van der Waals surface area contributed by atoms with Crippen LogP contribution in [0.3, 0.4) is 0 Å². The first-order chi connectivity index (χ1) is 12.4. The molecule has 1 aromatic carbocycles. The van der Waals surface area contributed by atoms with Crippen LogP contribution in [0, 0.1) is 5.82 Å². The van der Waals surface area contributed by atoms with E-state index in [4.69, 9.17) is 0 Å². The van der Waals surface area contributed by atoms with Crippen LogP contribution in [0.25, 0.3) is 0 Å². The Morgan fingerprint density at radius 3 is 2.73 bits per heavy atom. The summed E-state index contributed by atoms with van der Waals surface area (Å²) in [7, 11) is -4.19. The second-order valence-corrected chi connectivity index (χ2v) is 8.51. The van der Waals surface area contributed by atoms with Gasteiger partial charge in [-0.05, 0) is 43.9 Å². The van der Waals surface area contributed by atoms with Gasteiger partial charge in [-0.3, -0.25) is 9.69 Å². The standard InChI is InChI=1S/C16H21FN4O4S/c17-15-11-8-20(13-3-1-2-5-18-13)6-4-10(11)7-12(22)16(15)21-9-14(23)19-26(21,24)25/h7,13,18,22H,1-6,8-9H2,(H,19,23). The van der Waals surface area contributed by atoms with Crippen molar-refractivity contribution in [2.75, 3.05) is 23.9 Å². The molecule has 0 aromatic heterocycles. The number of hydrogen-bond donors (Lipinski definition) is 3. The van der Waals surface area contributed by atoms with E-state index in [1.807, 2.05) is 0 Å². The van der Waals surface area contributed by atoms with Gasteiger partial charge in [-0.2, -0.15) is 8.42 Å². The van der Waals surface area contributed by atoms with E-state index < -0.39 is 39.9 Å². The van der Waals surface area contributed by atoms with Crippen molar-refractivity contribution in [1.29, 1.82) is 0 Å². The summed E-state index contributed by atoms with van der Waals surface area (Å²) >= 11 is 0. The lowest BCUT2D eigenvalue weighted by Gasteiger charge is -2.38. The van der Waals surface area contributed by atoms with Gasteiger partial charge in [0.2, 0.25) is 0 Å². The molecule has 8 nitrogen and oxygen atoms in total. The number of amides is 1. The van der Waals surface area contributed by atoms with Gasteiger partial charge in [-0.15, -0.1) is 0 Å². The first kappa shape index (κ1) is 17.5. The smallest absolute Gasteiger partial charge is 0.326 e. The van der Waals surface area contributed by atoms with E-state index in [0.717, 1.165) is 32.4 Å². The molecule has 1 unspecified atom stereocenters. The number of carbonyl (C=O) groups is 1. The lowest BCUT2D eigenvalue weighted by atomic mass is 9.96. The zero-order valence-electron chi connectivity index (χ0n) is 14.2. The average molecular weight is 384 g/mol. The van der Waals surface area contributed by atoms with Crippen molar-refractivity contribution < 1.29 is 22.7 Å². The van der Waals surface area contributed by atoms with Gasteiger partial charge in [-0.25, -0.2) is 13.4 Å². The number of carbonyl (C=O) groups excluding carboxylic acids is 1. The van der Waals surface area contributed by atoms with Crippen LogP contribution in [0.2, 0.25) is 0 Å². The Morgan fingerprint density at radius 1 is 1.27 bits per heavy atom. The summed E-state index contributed by atoms with van der Waals surface area (Å²) in [6.45, 7) is 1.46. The van der Waals surface area contributed by atoms with Crippen LogP contribution < -0.4 is 14.3 Å². The second-order valence-electron chi connectivity index (χ2n) is 6.92. The normalized spacial score (nSPS) is 25.8. The molecule has 0 aliphatic carbocycles. The van der Waals surface area contributed by atoms with Gasteiger partial charge in [0.1, 0.15) is 18.0 Å². The highest BCUT2D eigenvalue weighted by Crippen LogP contribution is 2.39. The molecule has 1 aromatic rings. The number of halogens is 1. The van der Waals surface area contributed by atoms with Gasteiger partial charge >= 0.3 is 10.2 Å². The molecule has 10 heteroatoms. The van der Waals surface area contributed by atoms with Crippen molar-refractivity contribution in [1.82, 2.24) is 14.9 Å². The maximum atomic E-state index is 15.2. The number of hydrogen-bond acceptors (Lipinski definition) is 6. The molecule has 3 N–H and O–H groups in total. The van der Waals surface area contributed by atoms with Crippen LogP contribution in [0.5, 0.6) is 5.75 Å². The Labute approximate surface area is 151 Å². The molecule has 3 aliphatic heterocycles. The molecule has 0 bridgehead atoms. The highest BCUT2D eigenvalue weighted by atomic mass is 32.2. The molecular formula is C16H21FN4O4S. The van der Waals surface area contributed by atoms with Gasteiger partial charge in [0.25, 0.3) is 5.91 Å². The maximum Gasteiger partial charge on any atom is 0.326 e. The van der Waals surface area contributed by atoms with Crippen LogP contribution in [0.4, 0.5) is 10.1 Å². The Bertz CT molecular complexity index is 854. The van der Waals surface area contributed by atoms with Gasteiger partial charge in [-0.1, -0.05) is 0 Å². The van der Waals surface area contributed by atoms with Crippen molar-refractivity contribution in [3.05, 3.63) is 23.0 Å². The first-order valence-electron chi connectivity index (χ1n) is 8.71. The third-order valence-electron chi connectivity index (χ3n) is 5.24. The molecule has 3 heterocycles. The summed E-state index contributed by atoms with van der Waals surface area (Å²) in [5, 5.41) is 13.7. The molecule has 2 saturated heterocycles. The number of piperidine rings is 1. The molecule has 1 amide bonds. The Morgan fingerprint density at radius 2 is 2.08 bits per heavy atom. The first-order valence-corrected chi connectivity index (χ1v) is 10.1. The number of phenols is 1. The van der Waals surface area contributed by atoms with E-state index in [0.29, 0.717) is 28.4 Å². The Kier molecular flexibility index (Phi) is 4.28. The fourth-order valence-corrected chi connectivity index (χ4v) is 5.12. The minimum Gasteiger partial charge on any atom is -0.506 e. The number of rotatable bonds is 2. The number of nitrogens with zero attached hydrogens (tertiary/aromatic N) is 2. The van der Waals surface area contributed by atoms with Gasteiger partial charge in [0.05, 0.1) is 6.17 Å². The zero-order chi connectivity index (χ0) is 18.5. The number of fused-ring (bicyclic) bond motifs is 1. The minimum absolute atomic E-state index is 0.173. The van der Waals surface area contributed by atoms with Crippen molar-refractivity contribution in [3.8, 4) is 5.75 Å². The summed E-state index contributed by atoms with van der Waals surface area (Å²) in [5.74, 6) is -2.00. The minimum atomic E-state index is -4.19. The number of anilines is 1. The summed E-state index contributed by atoms with van der Waals surface area (Å²) in [6.07, 6.45) is 3.97. The molecule has 0 radical (unpaired) electrons. The van der Waals surface area contributed by atoms with Gasteiger partial charge in [0.15, 0.2) is 5.82 Å². The Balaban J connectivity index is 1.70. The van der Waals surface area contributed by atoms with Gasteiger partial charge in [0, 0.05) is 18.7 Å². The predicted octanol–water partition coefficient (Wildman–Crippen LogP) is 0.170. The zero-order valence-corrected chi connectivity index (χ0v) is 15.0. The van der Waals surface area contributed by atoms with E-state index in [2.05, 4.69) is 10.2 Å². The van der Waals surface area contributed by atoms with Crippen molar-refractivity contribution in [2.24, 2.45) is 0 Å². The summed E-state index contributed by atoms with van der Waals surface area (Å²) < 4.78 is 41.7. The lowest BCUT2D eigenvalue weighted by Crippen LogP contribution is -2.50. The summed E-state index contributed by atoms with van der Waals surface area (Å²) in [4.78, 5) is 13.6. The predicted molar refractivity (Wildman–Crippen MR) is 92.2 cm³/mol. The number of nitrogens with one attached hydrogen (secondary N) is 2. The lowest BCUT2D eigenvalue weighted by molar-refractivity contribution is -0.117. The topological polar surface area (TPSA) is 102 Å². The van der Waals surface area contributed by atoms with E-state index in [9.17, 15) is 18.3 Å². The third kappa shape index (κ3) is 2.91. The van der Waals surface area contributed by atoms with Crippen LogP contribution >= 0.6 is 0 Å². The van der Waals surface area contributed by atoms with E-state index in [1.54, 1.807) is 4.72 Å². The highest BCUT2D eigenvalue weighted by Gasteiger charge is 2.39. The quantitative estimate of drug-likeness (QED) is 0.672. The molecule has 142 valence electrons. The fraction of sp³-hybridized carbons (Fsp3) is 0.562. The van der Waals surface area contributed by atoms with Crippen molar-refractivity contribution >= 4 is 21.8 Å². The SMILES string of the molecule is O=C1CN(c2c(O)cc3c(c2F)CN(C2CCCCN2)CC3)S(=O)(=O)N1. The van der Waals surface area contributed by atoms with Crippen LogP contribution in [0.1, 0.15) is 30.4 Å². The highest BCUT2D eigenvalue weighted by molar-refractivity contribution is 7.92. The second kappa shape index (κ2) is 6.36. The molecule has 0 spiro atoms. The number of phenolic OH excluding ortho intramolecular Hbond substituents is 1. The van der Waals surface area contributed by atoms with E-state index >= 15 is 4.39 Å². The maximum absolute atomic E-state index is 15.2. The number of benzene rings is 1. The largest absolute Gasteiger partial charge is 0.506 e. The summed E-state index contributed by atoms with van der Waals surface area (Å²) in [6, 6.07) is 1.41. The Hall–Kier alpha value is -1.91. The monoisotopic (exact) mass is 384 g/mol. The third-order valence-corrected chi connectivity index (χ3v) is 6.62. The molecule has 1 atom stereocenters. The van der Waals surface area contributed by atoms with Crippen molar-refractivity contribution in [3.63, 3.8) is 0 Å². The molecule has 2 fully saturated rings. The van der Waals surface area contributed by atoms with E-state index in [1.165, 1.54) is 6.07 Å². The van der Waals surface area contributed by atoms with Crippen LogP contribution in [-0.4, -0.2) is 50.1 Å².